The topological polar surface area (TPSA) is 60.2 Å². The minimum atomic E-state index is -3.38. The summed E-state index contributed by atoms with van der Waals surface area (Å²) in [5.74, 6) is 0. The second kappa shape index (κ2) is 4.60. The Morgan fingerprint density at radius 3 is 2.29 bits per heavy atom. The van der Waals surface area contributed by atoms with Gasteiger partial charge in [-0.15, -0.1) is 11.3 Å². The Balaban J connectivity index is 2.46. The summed E-state index contributed by atoms with van der Waals surface area (Å²) < 4.78 is 24.8. The molecule has 5 heteroatoms. The molecule has 2 N–H and O–H groups in total. The van der Waals surface area contributed by atoms with Crippen molar-refractivity contribution in [2.24, 2.45) is 5.73 Å². The van der Waals surface area contributed by atoms with Crippen molar-refractivity contribution >= 4 is 21.2 Å². The molecule has 0 unspecified atom stereocenters. The number of aryl methyl sites for hydroxylation is 1. The van der Waals surface area contributed by atoms with Crippen LogP contribution in [0.1, 0.15) is 10.4 Å². The van der Waals surface area contributed by atoms with Gasteiger partial charge in [0.05, 0.1) is 4.90 Å². The molecule has 90 valence electrons. The first kappa shape index (κ1) is 12.3. The second-order valence-electron chi connectivity index (χ2n) is 3.74. The Labute approximate surface area is 105 Å². The van der Waals surface area contributed by atoms with Crippen molar-refractivity contribution < 1.29 is 8.42 Å². The van der Waals surface area contributed by atoms with Crippen molar-refractivity contribution in [3.05, 3.63) is 46.8 Å². The van der Waals surface area contributed by atoms with E-state index in [-0.39, 0.29) is 0 Å². The van der Waals surface area contributed by atoms with Gasteiger partial charge >= 0.3 is 0 Å². The van der Waals surface area contributed by atoms with Crippen LogP contribution in [-0.2, 0) is 16.4 Å². The Morgan fingerprint density at radius 2 is 1.76 bits per heavy atom. The van der Waals surface area contributed by atoms with Crippen molar-refractivity contribution in [2.45, 2.75) is 22.6 Å². The number of rotatable bonds is 3. The third kappa shape index (κ3) is 2.41. The minimum Gasteiger partial charge on any atom is -0.326 e. The van der Waals surface area contributed by atoms with Gasteiger partial charge in [0.25, 0.3) is 0 Å². The molecule has 0 spiro atoms. The van der Waals surface area contributed by atoms with E-state index in [1.807, 2.05) is 6.92 Å². The number of hydrogen-bond donors (Lipinski definition) is 1. The Kier molecular flexibility index (Phi) is 3.33. The van der Waals surface area contributed by atoms with Gasteiger partial charge in [-0.05, 0) is 31.2 Å². The second-order valence-corrected chi connectivity index (χ2v) is 7.09. The molecule has 0 aliphatic rings. The van der Waals surface area contributed by atoms with Crippen LogP contribution in [0.25, 0.3) is 0 Å². The molecule has 17 heavy (non-hydrogen) atoms. The number of benzene rings is 1. The van der Waals surface area contributed by atoms with E-state index < -0.39 is 9.84 Å². The molecule has 2 aromatic rings. The summed E-state index contributed by atoms with van der Waals surface area (Å²) in [6.07, 6.45) is 0. The first-order valence-electron chi connectivity index (χ1n) is 5.14. The lowest BCUT2D eigenvalue weighted by molar-refractivity contribution is 0.598. The Bertz CT molecular complexity index is 612. The van der Waals surface area contributed by atoms with E-state index in [2.05, 4.69) is 0 Å². The van der Waals surface area contributed by atoms with Crippen LogP contribution in [0.15, 0.2) is 45.5 Å². The molecule has 3 nitrogen and oxygen atoms in total. The predicted molar refractivity (Wildman–Crippen MR) is 68.8 cm³/mol. The van der Waals surface area contributed by atoms with Crippen LogP contribution < -0.4 is 5.73 Å². The molecule has 2 rings (SSSR count). The lowest BCUT2D eigenvalue weighted by Gasteiger charge is -2.01. The van der Waals surface area contributed by atoms with Crippen molar-refractivity contribution in [3.8, 4) is 0 Å². The first-order valence-corrected chi connectivity index (χ1v) is 7.44. The van der Waals surface area contributed by atoms with Crippen LogP contribution in [0.3, 0.4) is 0 Å². The molecule has 0 bridgehead atoms. The lowest BCUT2D eigenvalue weighted by atomic mass is 10.2. The zero-order valence-electron chi connectivity index (χ0n) is 9.38. The van der Waals surface area contributed by atoms with Gasteiger partial charge in [0.2, 0.25) is 9.84 Å². The maximum atomic E-state index is 12.2. The van der Waals surface area contributed by atoms with Crippen LogP contribution in [0.5, 0.6) is 0 Å². The van der Waals surface area contributed by atoms with Crippen LogP contribution in [0.2, 0.25) is 0 Å². The summed E-state index contributed by atoms with van der Waals surface area (Å²) in [4.78, 5) is 1.20. The fourth-order valence-electron chi connectivity index (χ4n) is 1.45. The maximum Gasteiger partial charge on any atom is 0.215 e. The first-order chi connectivity index (χ1) is 8.04. The molecule has 0 amide bonds. The van der Waals surface area contributed by atoms with E-state index in [4.69, 9.17) is 5.73 Å². The van der Waals surface area contributed by atoms with Crippen molar-refractivity contribution in [1.82, 2.24) is 0 Å². The summed E-state index contributed by atoms with van der Waals surface area (Å²) in [5.41, 5.74) is 6.52. The summed E-state index contributed by atoms with van der Waals surface area (Å²) >= 11 is 1.23. The van der Waals surface area contributed by atoms with Crippen LogP contribution in [-0.4, -0.2) is 8.42 Å². The summed E-state index contributed by atoms with van der Waals surface area (Å²) in [6, 6.07) is 10.2. The van der Waals surface area contributed by atoms with Crippen molar-refractivity contribution in [1.29, 1.82) is 0 Å². The quantitative estimate of drug-likeness (QED) is 0.928. The van der Waals surface area contributed by atoms with Gasteiger partial charge < -0.3 is 5.73 Å². The average Bonchev–Trinajstić information content (AvgIpc) is 2.78. The molecule has 1 aromatic carbocycles. The van der Waals surface area contributed by atoms with E-state index in [0.29, 0.717) is 15.6 Å². The zero-order chi connectivity index (χ0) is 12.5. The smallest absolute Gasteiger partial charge is 0.215 e. The normalized spacial score (nSPS) is 11.6. The monoisotopic (exact) mass is 267 g/mol. The molecular formula is C12H13NO2S2. The van der Waals surface area contributed by atoms with Gasteiger partial charge in [-0.1, -0.05) is 17.7 Å². The largest absolute Gasteiger partial charge is 0.326 e. The Morgan fingerprint density at radius 1 is 1.12 bits per heavy atom. The van der Waals surface area contributed by atoms with Gasteiger partial charge in [-0.2, -0.15) is 0 Å². The third-order valence-corrected chi connectivity index (χ3v) is 5.80. The molecule has 0 radical (unpaired) electrons. The third-order valence-electron chi connectivity index (χ3n) is 2.43. The van der Waals surface area contributed by atoms with Gasteiger partial charge in [-0.25, -0.2) is 8.42 Å². The molecule has 1 aromatic heterocycles. The van der Waals surface area contributed by atoms with Crippen LogP contribution in [0, 0.1) is 6.92 Å². The fourth-order valence-corrected chi connectivity index (χ4v) is 4.08. The summed E-state index contributed by atoms with van der Waals surface area (Å²) in [5, 5.41) is 0. The van der Waals surface area contributed by atoms with E-state index in [1.165, 1.54) is 11.3 Å². The standard InChI is InChI=1S/C12H13NO2S2/c1-9-2-5-11(6-3-9)17(14,15)12-7-4-10(8-13)16-12/h2-7H,8,13H2,1H3. The van der Waals surface area contributed by atoms with Gasteiger partial charge in [0.15, 0.2) is 0 Å². The highest BCUT2D eigenvalue weighted by atomic mass is 32.2. The van der Waals surface area contributed by atoms with E-state index in [9.17, 15) is 8.42 Å². The van der Waals surface area contributed by atoms with E-state index in [1.54, 1.807) is 36.4 Å². The lowest BCUT2D eigenvalue weighted by Crippen LogP contribution is -1.99. The summed E-state index contributed by atoms with van der Waals surface area (Å²) in [7, 11) is -3.38. The number of hydrogen-bond acceptors (Lipinski definition) is 4. The Hall–Kier alpha value is -1.17. The summed E-state index contributed by atoms with van der Waals surface area (Å²) in [6.45, 7) is 2.29. The highest BCUT2D eigenvalue weighted by molar-refractivity contribution is 7.93. The van der Waals surface area contributed by atoms with Crippen LogP contribution >= 0.6 is 11.3 Å². The average molecular weight is 267 g/mol. The molecule has 0 aliphatic carbocycles. The molecule has 1 heterocycles. The van der Waals surface area contributed by atoms with Gasteiger partial charge in [0, 0.05) is 11.4 Å². The molecule has 0 aliphatic heterocycles. The SMILES string of the molecule is Cc1ccc(S(=O)(=O)c2ccc(CN)s2)cc1. The number of thiophene rings is 1. The highest BCUT2D eigenvalue weighted by Crippen LogP contribution is 2.27. The fraction of sp³-hybridized carbons (Fsp3) is 0.167. The predicted octanol–water partition coefficient (Wildman–Crippen LogP) is 2.35. The molecule has 0 fully saturated rings. The van der Waals surface area contributed by atoms with Crippen molar-refractivity contribution in [2.75, 3.05) is 0 Å². The van der Waals surface area contributed by atoms with E-state index in [0.717, 1.165) is 10.4 Å². The zero-order valence-corrected chi connectivity index (χ0v) is 11.0. The number of sulfone groups is 1. The van der Waals surface area contributed by atoms with Crippen molar-refractivity contribution in [3.63, 3.8) is 0 Å². The van der Waals surface area contributed by atoms with Gasteiger partial charge in [-0.3, -0.25) is 0 Å². The van der Waals surface area contributed by atoms with E-state index >= 15 is 0 Å². The minimum absolute atomic E-state index is 0.327. The van der Waals surface area contributed by atoms with Gasteiger partial charge in [0.1, 0.15) is 4.21 Å². The molecular weight excluding hydrogens is 254 g/mol. The number of nitrogens with two attached hydrogens (primary N) is 1. The molecule has 0 saturated carbocycles. The van der Waals surface area contributed by atoms with Crippen LogP contribution in [0.4, 0.5) is 0 Å². The molecule has 0 saturated heterocycles. The maximum absolute atomic E-state index is 12.2. The highest BCUT2D eigenvalue weighted by Gasteiger charge is 2.19. The molecule has 0 atom stereocenters.